The van der Waals surface area contributed by atoms with Gasteiger partial charge in [0.25, 0.3) is 0 Å². The topological polar surface area (TPSA) is 28.2 Å². The Balaban J connectivity index is 1.82. The van der Waals surface area contributed by atoms with Crippen LogP contribution in [0.5, 0.6) is 0 Å². The first kappa shape index (κ1) is 13.6. The molecule has 1 fully saturated rings. The third kappa shape index (κ3) is 3.85. The van der Waals surface area contributed by atoms with Gasteiger partial charge in [-0.3, -0.25) is 4.98 Å². The summed E-state index contributed by atoms with van der Waals surface area (Å²) in [6.45, 7) is 8.11. The van der Waals surface area contributed by atoms with Crippen LogP contribution < -0.4 is 5.32 Å². The van der Waals surface area contributed by atoms with Gasteiger partial charge in [0.2, 0.25) is 0 Å². The van der Waals surface area contributed by atoms with E-state index in [1.165, 1.54) is 32.5 Å². The summed E-state index contributed by atoms with van der Waals surface area (Å²) in [4.78, 5) is 6.66. The zero-order valence-electron chi connectivity index (χ0n) is 11.2. The van der Waals surface area contributed by atoms with Gasteiger partial charge in [-0.25, -0.2) is 0 Å². The number of hydrogen-bond acceptors (Lipinski definition) is 3. The molecule has 18 heavy (non-hydrogen) atoms. The highest BCUT2D eigenvalue weighted by molar-refractivity contribution is 6.33. The Morgan fingerprint density at radius 2 is 2.17 bits per heavy atom. The molecule has 4 heteroatoms. The minimum atomic E-state index is 0.523. The molecule has 1 aliphatic rings. The van der Waals surface area contributed by atoms with E-state index in [4.69, 9.17) is 11.6 Å². The average Bonchev–Trinajstić information content (AvgIpc) is 2.34. The summed E-state index contributed by atoms with van der Waals surface area (Å²) in [5.74, 6) is 0.752. The van der Waals surface area contributed by atoms with Gasteiger partial charge >= 0.3 is 0 Å². The van der Waals surface area contributed by atoms with Gasteiger partial charge in [0.05, 0.1) is 16.9 Å². The zero-order chi connectivity index (χ0) is 13.0. The highest BCUT2D eigenvalue weighted by Crippen LogP contribution is 2.23. The van der Waals surface area contributed by atoms with Gasteiger partial charge in [-0.05, 0) is 24.8 Å². The second-order valence-corrected chi connectivity index (χ2v) is 5.88. The number of piperidine rings is 1. The highest BCUT2D eigenvalue weighted by Gasteiger charge is 2.19. The molecule has 1 N–H and O–H groups in total. The van der Waals surface area contributed by atoms with Gasteiger partial charge in [-0.1, -0.05) is 25.4 Å². The van der Waals surface area contributed by atoms with E-state index in [0.717, 1.165) is 16.6 Å². The van der Waals surface area contributed by atoms with Crippen molar-refractivity contribution in [1.82, 2.24) is 9.88 Å². The molecule has 2 rings (SSSR count). The van der Waals surface area contributed by atoms with E-state index in [1.807, 2.05) is 12.3 Å². The average molecular weight is 268 g/mol. The molecular formula is C14H22ClN3. The molecule has 0 amide bonds. The monoisotopic (exact) mass is 267 g/mol. The first-order chi connectivity index (χ1) is 8.65. The summed E-state index contributed by atoms with van der Waals surface area (Å²) in [5.41, 5.74) is 0.960. The summed E-state index contributed by atoms with van der Waals surface area (Å²) >= 11 is 6.13. The molecule has 0 unspecified atom stereocenters. The van der Waals surface area contributed by atoms with Crippen molar-refractivity contribution in [2.24, 2.45) is 5.92 Å². The lowest BCUT2D eigenvalue weighted by atomic mass is 10.0. The molecule has 1 aliphatic heterocycles. The fourth-order valence-corrected chi connectivity index (χ4v) is 2.64. The van der Waals surface area contributed by atoms with Crippen molar-refractivity contribution in [3.05, 3.63) is 23.5 Å². The van der Waals surface area contributed by atoms with Crippen LogP contribution in [0.25, 0.3) is 0 Å². The molecule has 100 valence electrons. The number of likely N-dealkylation sites (tertiary alicyclic amines) is 1. The molecule has 1 aromatic heterocycles. The Kier molecular flexibility index (Phi) is 4.84. The molecule has 0 atom stereocenters. The van der Waals surface area contributed by atoms with Gasteiger partial charge in [-0.15, -0.1) is 0 Å². The normalized spacial score (nSPS) is 18.2. The summed E-state index contributed by atoms with van der Waals surface area (Å²) in [7, 11) is 0. The van der Waals surface area contributed by atoms with Crippen LogP contribution in [-0.4, -0.2) is 35.6 Å². The van der Waals surface area contributed by atoms with E-state index in [-0.39, 0.29) is 0 Å². The number of rotatable bonds is 4. The summed E-state index contributed by atoms with van der Waals surface area (Å²) in [6.07, 6.45) is 5.89. The number of halogens is 1. The molecule has 0 aliphatic carbocycles. The molecule has 0 spiro atoms. The standard InChI is InChI=1S/C14H22ClN3/c1-11(2)10-18-7-4-12(5-8-18)17-14-9-16-6-3-13(14)15/h3,6,9,11-12,17H,4-5,7-8,10H2,1-2H3. The van der Waals surface area contributed by atoms with Crippen LogP contribution in [0.1, 0.15) is 26.7 Å². The zero-order valence-corrected chi connectivity index (χ0v) is 12.0. The quantitative estimate of drug-likeness (QED) is 0.908. The lowest BCUT2D eigenvalue weighted by molar-refractivity contribution is 0.198. The van der Waals surface area contributed by atoms with Crippen molar-refractivity contribution in [3.63, 3.8) is 0 Å². The Labute approximate surface area is 115 Å². The van der Waals surface area contributed by atoms with Crippen LogP contribution in [0.15, 0.2) is 18.5 Å². The fraction of sp³-hybridized carbons (Fsp3) is 0.643. The Hall–Kier alpha value is -0.800. The molecular weight excluding hydrogens is 246 g/mol. The van der Waals surface area contributed by atoms with Gasteiger partial charge < -0.3 is 10.2 Å². The van der Waals surface area contributed by atoms with Crippen molar-refractivity contribution in [3.8, 4) is 0 Å². The lowest BCUT2D eigenvalue weighted by Crippen LogP contribution is -2.40. The van der Waals surface area contributed by atoms with Crippen LogP contribution >= 0.6 is 11.6 Å². The van der Waals surface area contributed by atoms with Crippen LogP contribution in [0.4, 0.5) is 5.69 Å². The van der Waals surface area contributed by atoms with E-state index < -0.39 is 0 Å². The third-order valence-electron chi connectivity index (χ3n) is 3.34. The van der Waals surface area contributed by atoms with Crippen molar-refractivity contribution in [1.29, 1.82) is 0 Å². The van der Waals surface area contributed by atoms with Crippen LogP contribution in [-0.2, 0) is 0 Å². The van der Waals surface area contributed by atoms with Crippen LogP contribution in [0.2, 0.25) is 5.02 Å². The first-order valence-corrected chi connectivity index (χ1v) is 7.11. The van der Waals surface area contributed by atoms with Crippen molar-refractivity contribution in [2.75, 3.05) is 25.0 Å². The van der Waals surface area contributed by atoms with Crippen molar-refractivity contribution < 1.29 is 0 Å². The molecule has 0 saturated carbocycles. The second kappa shape index (κ2) is 6.39. The molecule has 1 aromatic rings. The number of hydrogen-bond donors (Lipinski definition) is 1. The Morgan fingerprint density at radius 3 is 2.78 bits per heavy atom. The number of aromatic nitrogens is 1. The number of nitrogens with one attached hydrogen (secondary N) is 1. The SMILES string of the molecule is CC(C)CN1CCC(Nc2cnccc2Cl)CC1. The molecule has 3 nitrogen and oxygen atoms in total. The maximum absolute atomic E-state index is 6.13. The van der Waals surface area contributed by atoms with E-state index in [0.29, 0.717) is 6.04 Å². The van der Waals surface area contributed by atoms with E-state index in [2.05, 4.69) is 29.0 Å². The van der Waals surface area contributed by atoms with Crippen molar-refractivity contribution in [2.45, 2.75) is 32.7 Å². The molecule has 1 saturated heterocycles. The smallest absolute Gasteiger partial charge is 0.0718 e. The van der Waals surface area contributed by atoms with Gasteiger partial charge in [0.15, 0.2) is 0 Å². The fourth-order valence-electron chi connectivity index (χ4n) is 2.48. The molecule has 2 heterocycles. The third-order valence-corrected chi connectivity index (χ3v) is 3.67. The van der Waals surface area contributed by atoms with Gasteiger partial charge in [0, 0.05) is 31.9 Å². The summed E-state index contributed by atoms with van der Waals surface area (Å²) < 4.78 is 0. The number of anilines is 1. The minimum absolute atomic E-state index is 0.523. The summed E-state index contributed by atoms with van der Waals surface area (Å²) in [5, 5.41) is 4.26. The van der Waals surface area contributed by atoms with Crippen molar-refractivity contribution >= 4 is 17.3 Å². The van der Waals surface area contributed by atoms with E-state index in [9.17, 15) is 0 Å². The van der Waals surface area contributed by atoms with Crippen LogP contribution in [0.3, 0.4) is 0 Å². The highest BCUT2D eigenvalue weighted by atomic mass is 35.5. The van der Waals surface area contributed by atoms with Gasteiger partial charge in [0.1, 0.15) is 0 Å². The largest absolute Gasteiger partial charge is 0.380 e. The lowest BCUT2D eigenvalue weighted by Gasteiger charge is -2.33. The molecule has 0 radical (unpaired) electrons. The van der Waals surface area contributed by atoms with E-state index >= 15 is 0 Å². The first-order valence-electron chi connectivity index (χ1n) is 6.73. The van der Waals surface area contributed by atoms with E-state index in [1.54, 1.807) is 6.20 Å². The summed E-state index contributed by atoms with van der Waals surface area (Å²) in [6, 6.07) is 2.35. The van der Waals surface area contributed by atoms with Gasteiger partial charge in [-0.2, -0.15) is 0 Å². The second-order valence-electron chi connectivity index (χ2n) is 5.47. The van der Waals surface area contributed by atoms with Crippen LogP contribution in [0, 0.1) is 5.92 Å². The Bertz CT molecular complexity index is 373. The minimum Gasteiger partial charge on any atom is -0.380 e. The Morgan fingerprint density at radius 1 is 1.44 bits per heavy atom. The predicted octanol–water partition coefficient (Wildman–Crippen LogP) is 3.27. The maximum Gasteiger partial charge on any atom is 0.0718 e. The predicted molar refractivity (Wildman–Crippen MR) is 77.2 cm³/mol. The molecule has 0 bridgehead atoms. The number of nitrogens with zero attached hydrogens (tertiary/aromatic N) is 2. The molecule has 0 aromatic carbocycles. The maximum atomic E-state index is 6.13. The number of pyridine rings is 1.